The van der Waals surface area contributed by atoms with Gasteiger partial charge in [0, 0.05) is 26.2 Å². The lowest BCUT2D eigenvalue weighted by Crippen LogP contribution is -2.45. The van der Waals surface area contributed by atoms with Crippen LogP contribution in [0.4, 0.5) is 0 Å². The van der Waals surface area contributed by atoms with Gasteiger partial charge in [0.1, 0.15) is 0 Å². The Morgan fingerprint density at radius 1 is 1.40 bits per heavy atom. The van der Waals surface area contributed by atoms with E-state index in [4.69, 9.17) is 4.42 Å². The van der Waals surface area contributed by atoms with Gasteiger partial charge in [0.2, 0.25) is 5.91 Å². The van der Waals surface area contributed by atoms with E-state index in [-0.39, 0.29) is 23.9 Å². The summed E-state index contributed by atoms with van der Waals surface area (Å²) in [5.41, 5.74) is 0. The molecule has 2 aliphatic heterocycles. The second-order valence-corrected chi connectivity index (χ2v) is 5.55. The molecule has 2 amide bonds. The monoisotopic (exact) mass is 277 g/mol. The molecule has 6 nitrogen and oxygen atoms in total. The van der Waals surface area contributed by atoms with Crippen molar-refractivity contribution in [3.63, 3.8) is 0 Å². The van der Waals surface area contributed by atoms with Crippen molar-refractivity contribution in [2.24, 2.45) is 5.92 Å². The van der Waals surface area contributed by atoms with Crippen molar-refractivity contribution in [1.29, 1.82) is 0 Å². The van der Waals surface area contributed by atoms with E-state index in [9.17, 15) is 9.59 Å². The number of fused-ring (bicyclic) bond motifs is 1. The van der Waals surface area contributed by atoms with Crippen LogP contribution in [0.15, 0.2) is 22.8 Å². The van der Waals surface area contributed by atoms with Gasteiger partial charge in [0.15, 0.2) is 5.76 Å². The Morgan fingerprint density at radius 3 is 2.80 bits per heavy atom. The van der Waals surface area contributed by atoms with E-state index in [0.717, 1.165) is 6.42 Å². The van der Waals surface area contributed by atoms with Crippen molar-refractivity contribution in [2.75, 3.05) is 27.2 Å². The summed E-state index contributed by atoms with van der Waals surface area (Å²) in [5, 5.41) is 2.71. The Labute approximate surface area is 117 Å². The summed E-state index contributed by atoms with van der Waals surface area (Å²) in [4.78, 5) is 28.0. The number of carbonyl (C=O) groups is 2. The van der Waals surface area contributed by atoms with Crippen molar-refractivity contribution in [1.82, 2.24) is 15.1 Å². The molecule has 3 atom stereocenters. The van der Waals surface area contributed by atoms with Crippen molar-refractivity contribution in [2.45, 2.75) is 18.5 Å². The number of nitrogens with zero attached hydrogens (tertiary/aromatic N) is 2. The third kappa shape index (κ3) is 2.00. The van der Waals surface area contributed by atoms with Gasteiger partial charge >= 0.3 is 0 Å². The van der Waals surface area contributed by atoms with E-state index in [1.54, 1.807) is 19.2 Å². The molecule has 0 aliphatic carbocycles. The van der Waals surface area contributed by atoms with Gasteiger partial charge in [-0.1, -0.05) is 0 Å². The summed E-state index contributed by atoms with van der Waals surface area (Å²) in [6.45, 7) is 1.36. The van der Waals surface area contributed by atoms with Gasteiger partial charge in [0.25, 0.3) is 5.91 Å². The van der Waals surface area contributed by atoms with Crippen LogP contribution in [0.3, 0.4) is 0 Å². The van der Waals surface area contributed by atoms with Gasteiger partial charge in [0.05, 0.1) is 12.3 Å². The highest BCUT2D eigenvalue weighted by Crippen LogP contribution is 2.35. The average Bonchev–Trinajstić information content (AvgIpc) is 3.15. The van der Waals surface area contributed by atoms with Crippen molar-refractivity contribution in [3.05, 3.63) is 24.2 Å². The Morgan fingerprint density at radius 2 is 2.20 bits per heavy atom. The van der Waals surface area contributed by atoms with E-state index in [0.29, 0.717) is 24.8 Å². The third-order valence-electron chi connectivity index (χ3n) is 4.52. The molecule has 0 aromatic carbocycles. The highest BCUT2D eigenvalue weighted by atomic mass is 16.3. The first-order valence-corrected chi connectivity index (χ1v) is 6.88. The highest BCUT2D eigenvalue weighted by Gasteiger charge is 2.48. The molecule has 0 saturated carbocycles. The fourth-order valence-corrected chi connectivity index (χ4v) is 3.41. The molecule has 2 fully saturated rings. The highest BCUT2D eigenvalue weighted by molar-refractivity contribution is 5.91. The van der Waals surface area contributed by atoms with E-state index in [1.807, 2.05) is 11.9 Å². The van der Waals surface area contributed by atoms with Crippen molar-refractivity contribution < 1.29 is 14.0 Å². The number of amides is 2. The Hall–Kier alpha value is -1.82. The van der Waals surface area contributed by atoms with Crippen LogP contribution in [0.5, 0.6) is 0 Å². The minimum absolute atomic E-state index is 0.0608. The standard InChI is InChI=1S/C14H19N3O3/c1-15-13(18)10-6-9-7-17(8-11(9)16(10)2)14(19)12-4-3-5-20-12/h3-5,9-11H,6-8H2,1-2H3,(H,15,18)/t9-,10-,11+/m0/s1. The quantitative estimate of drug-likeness (QED) is 0.837. The summed E-state index contributed by atoms with van der Waals surface area (Å²) in [6, 6.07) is 3.60. The molecule has 3 rings (SSSR count). The molecule has 1 N–H and O–H groups in total. The average molecular weight is 277 g/mol. The number of likely N-dealkylation sites (N-methyl/N-ethyl adjacent to an activating group) is 2. The largest absolute Gasteiger partial charge is 0.459 e. The number of rotatable bonds is 2. The van der Waals surface area contributed by atoms with Gasteiger partial charge in [-0.25, -0.2) is 0 Å². The van der Waals surface area contributed by atoms with E-state index < -0.39 is 0 Å². The molecule has 1 aromatic heterocycles. The molecule has 3 heterocycles. The summed E-state index contributed by atoms with van der Waals surface area (Å²) >= 11 is 0. The first kappa shape index (κ1) is 13.2. The normalized spacial score (nSPS) is 29.5. The zero-order chi connectivity index (χ0) is 14.3. The number of hydrogen-bond acceptors (Lipinski definition) is 4. The molecular formula is C14H19N3O3. The SMILES string of the molecule is CNC(=O)[C@@H]1C[C@H]2CN(C(=O)c3ccco3)C[C@H]2N1C. The number of nitrogens with one attached hydrogen (secondary N) is 1. The Bertz CT molecular complexity index is 514. The zero-order valence-corrected chi connectivity index (χ0v) is 11.7. The maximum atomic E-state index is 12.3. The van der Waals surface area contributed by atoms with Gasteiger partial charge < -0.3 is 14.6 Å². The summed E-state index contributed by atoms with van der Waals surface area (Å²) in [7, 11) is 3.63. The molecule has 0 bridgehead atoms. The van der Waals surface area contributed by atoms with E-state index >= 15 is 0 Å². The molecular weight excluding hydrogens is 258 g/mol. The number of likely N-dealkylation sites (tertiary alicyclic amines) is 2. The number of furan rings is 1. The second kappa shape index (κ2) is 4.94. The summed E-state index contributed by atoms with van der Waals surface area (Å²) < 4.78 is 5.16. The smallest absolute Gasteiger partial charge is 0.289 e. The molecule has 2 aliphatic rings. The lowest BCUT2D eigenvalue weighted by molar-refractivity contribution is -0.125. The van der Waals surface area contributed by atoms with E-state index in [2.05, 4.69) is 10.2 Å². The topological polar surface area (TPSA) is 65.8 Å². The first-order valence-electron chi connectivity index (χ1n) is 6.88. The minimum atomic E-state index is -0.0733. The fraction of sp³-hybridized carbons (Fsp3) is 0.571. The van der Waals surface area contributed by atoms with Crippen LogP contribution in [0.1, 0.15) is 17.0 Å². The molecule has 2 saturated heterocycles. The minimum Gasteiger partial charge on any atom is -0.459 e. The first-order chi connectivity index (χ1) is 9.61. The molecule has 0 spiro atoms. The van der Waals surface area contributed by atoms with E-state index in [1.165, 1.54) is 6.26 Å². The Balaban J connectivity index is 1.68. The zero-order valence-electron chi connectivity index (χ0n) is 11.7. The molecule has 6 heteroatoms. The lowest BCUT2D eigenvalue weighted by Gasteiger charge is -2.25. The van der Waals surface area contributed by atoms with Gasteiger partial charge in [-0.15, -0.1) is 0 Å². The third-order valence-corrected chi connectivity index (χ3v) is 4.52. The van der Waals surface area contributed by atoms with Crippen LogP contribution < -0.4 is 5.32 Å². The maximum Gasteiger partial charge on any atom is 0.289 e. The van der Waals surface area contributed by atoms with Crippen LogP contribution in [0.25, 0.3) is 0 Å². The van der Waals surface area contributed by atoms with Gasteiger partial charge in [-0.2, -0.15) is 0 Å². The predicted molar refractivity (Wildman–Crippen MR) is 72.1 cm³/mol. The predicted octanol–water partition coefficient (Wildman–Crippen LogP) is 0.170. The summed E-state index contributed by atoms with van der Waals surface area (Å²) in [5.74, 6) is 0.747. The molecule has 1 aromatic rings. The van der Waals surface area contributed by atoms with Gasteiger partial charge in [-0.3, -0.25) is 14.5 Å². The summed E-state index contributed by atoms with van der Waals surface area (Å²) in [6.07, 6.45) is 2.32. The number of carbonyl (C=O) groups excluding carboxylic acids is 2. The lowest BCUT2D eigenvalue weighted by atomic mass is 10.0. The van der Waals surface area contributed by atoms with Crippen LogP contribution >= 0.6 is 0 Å². The number of hydrogen-bond donors (Lipinski definition) is 1. The molecule has 108 valence electrons. The van der Waals surface area contributed by atoms with Crippen LogP contribution in [-0.4, -0.2) is 60.9 Å². The van der Waals surface area contributed by atoms with Crippen LogP contribution in [0, 0.1) is 5.92 Å². The van der Waals surface area contributed by atoms with Crippen molar-refractivity contribution >= 4 is 11.8 Å². The van der Waals surface area contributed by atoms with Crippen molar-refractivity contribution in [3.8, 4) is 0 Å². The fourth-order valence-electron chi connectivity index (χ4n) is 3.41. The van der Waals surface area contributed by atoms with Crippen LogP contribution in [-0.2, 0) is 4.79 Å². The maximum absolute atomic E-state index is 12.3. The van der Waals surface area contributed by atoms with Crippen LogP contribution in [0.2, 0.25) is 0 Å². The molecule has 0 radical (unpaired) electrons. The molecule has 20 heavy (non-hydrogen) atoms. The Kier molecular flexibility index (Phi) is 3.25. The molecule has 0 unspecified atom stereocenters. The van der Waals surface area contributed by atoms with Gasteiger partial charge in [-0.05, 0) is 31.5 Å². The second-order valence-electron chi connectivity index (χ2n) is 5.55.